The van der Waals surface area contributed by atoms with Crippen molar-refractivity contribution in [2.24, 2.45) is 15.9 Å². The van der Waals surface area contributed by atoms with E-state index >= 15 is 0 Å². The molecule has 0 saturated heterocycles. The third-order valence-corrected chi connectivity index (χ3v) is 8.71. The highest BCUT2D eigenvalue weighted by Crippen LogP contribution is 2.27. The highest BCUT2D eigenvalue weighted by molar-refractivity contribution is 14.1. The Kier molecular flexibility index (Phi) is 12.7. The molecule has 1 aliphatic heterocycles. The minimum atomic E-state index is -4.42. The number of nitro groups is 1. The normalized spacial score (nSPS) is 14.3. The number of nitro benzene ring substituents is 1. The Bertz CT molecular complexity index is 1870. The average Bonchev–Trinajstić information content (AvgIpc) is 3.40. The number of carbonyl (C=O) groups excluding carboxylic acids is 2. The van der Waals surface area contributed by atoms with Crippen LogP contribution in [0.15, 0.2) is 87.9 Å². The van der Waals surface area contributed by atoms with Gasteiger partial charge in [0.2, 0.25) is 0 Å². The molecule has 50 heavy (non-hydrogen) atoms. The maximum absolute atomic E-state index is 13.7. The molecule has 17 nitrogen and oxygen atoms in total. The third-order valence-electron chi connectivity index (χ3n) is 7.07. The van der Waals surface area contributed by atoms with E-state index in [2.05, 4.69) is 10.2 Å². The average molecular weight is 824 g/mol. The predicted molar refractivity (Wildman–Crippen MR) is 191 cm³/mol. The van der Waals surface area contributed by atoms with Gasteiger partial charge in [0.15, 0.2) is 12.4 Å². The summed E-state index contributed by atoms with van der Waals surface area (Å²) in [4.78, 5) is 42.2. The lowest BCUT2D eigenvalue weighted by Crippen LogP contribution is -2.31. The second-order valence-electron chi connectivity index (χ2n) is 11.3. The lowest BCUT2D eigenvalue weighted by molar-refractivity contribution is -0.384. The van der Waals surface area contributed by atoms with Gasteiger partial charge in [0.25, 0.3) is 15.8 Å². The number of hydrogen-bond donors (Lipinski definition) is 2. The van der Waals surface area contributed by atoms with E-state index in [-0.39, 0.29) is 52.2 Å². The zero-order valence-electron chi connectivity index (χ0n) is 27.1. The number of rotatable bonds is 16. The number of anilines is 2. The van der Waals surface area contributed by atoms with Gasteiger partial charge in [-0.3, -0.25) is 24.3 Å². The lowest BCUT2D eigenvalue weighted by Gasteiger charge is -2.25. The zero-order chi connectivity index (χ0) is 36.6. The van der Waals surface area contributed by atoms with Gasteiger partial charge in [-0.2, -0.15) is 28.7 Å². The molecular formula is C31H34IN7O10S. The molecular weight excluding hydrogens is 789 g/mol. The van der Waals surface area contributed by atoms with Gasteiger partial charge < -0.3 is 15.2 Å². The number of carbonyl (C=O) groups is 2. The number of hydrazone groups is 2. The van der Waals surface area contributed by atoms with Gasteiger partial charge in [-0.25, -0.2) is 8.02 Å². The highest BCUT2D eigenvalue weighted by Gasteiger charge is 2.35. The fraction of sp³-hybridized carbons (Fsp3) is 0.290. The summed E-state index contributed by atoms with van der Waals surface area (Å²) in [5.74, 6) is -1.29. The van der Waals surface area contributed by atoms with E-state index in [9.17, 15) is 32.7 Å². The van der Waals surface area contributed by atoms with Crippen molar-refractivity contribution in [3.63, 3.8) is 0 Å². The Morgan fingerprint density at radius 3 is 2.30 bits per heavy atom. The summed E-state index contributed by atoms with van der Waals surface area (Å²) >= 11 is 1.79. The number of benzene rings is 3. The second kappa shape index (κ2) is 16.6. The van der Waals surface area contributed by atoms with Crippen molar-refractivity contribution in [3.8, 4) is 0 Å². The number of non-ortho nitro benzene ring substituents is 1. The van der Waals surface area contributed by atoms with Crippen LogP contribution >= 0.6 is 22.9 Å². The minimum Gasteiger partial charge on any atom is -0.444 e. The minimum absolute atomic E-state index is 0.0981. The van der Waals surface area contributed by atoms with Crippen LogP contribution in [0.2, 0.25) is 0 Å². The van der Waals surface area contributed by atoms with Gasteiger partial charge in [0, 0.05) is 24.7 Å². The maximum Gasteiger partial charge on any atom is 0.339 e. The predicted octanol–water partition coefficient (Wildman–Crippen LogP) is 3.93. The molecule has 266 valence electrons. The molecule has 0 fully saturated rings. The standard InChI is InChI=1S/C31H34IN7O10S/c1-31(2,16-17-33)48-18-19-49-36(3)20-47-30(41)22-6-8-23(9-7-22)37-29(40)28(27(34-37)21-4-10-25(11-5-21)39(42)43)35-38(32)24-12-14-26(15-13-24)50(44,45)46/h4-15H,16-20,33H2,1-3H3,(H,44,45,46)/b35-28-. The number of halogens is 1. The van der Waals surface area contributed by atoms with E-state index in [4.69, 9.17) is 20.0 Å². The number of hydrogen-bond acceptors (Lipinski definition) is 14. The van der Waals surface area contributed by atoms with Crippen LogP contribution in [0.4, 0.5) is 17.1 Å². The molecule has 1 aliphatic rings. The Morgan fingerprint density at radius 1 is 1.08 bits per heavy atom. The smallest absolute Gasteiger partial charge is 0.339 e. The number of nitrogens with zero attached hydrogens (tertiary/aromatic N) is 6. The van der Waals surface area contributed by atoms with Crippen LogP contribution in [0.25, 0.3) is 0 Å². The zero-order valence-corrected chi connectivity index (χ0v) is 30.1. The first kappa shape index (κ1) is 38.4. The largest absolute Gasteiger partial charge is 0.444 e. The molecule has 0 atom stereocenters. The summed E-state index contributed by atoms with van der Waals surface area (Å²) in [7, 11) is -2.82. The number of amides is 1. The Hall–Kier alpha value is -4.38. The Morgan fingerprint density at radius 2 is 1.72 bits per heavy atom. The van der Waals surface area contributed by atoms with Crippen molar-refractivity contribution in [2.45, 2.75) is 30.8 Å². The number of nitrogens with two attached hydrogens (primary N) is 1. The monoisotopic (exact) mass is 823 g/mol. The van der Waals surface area contributed by atoms with Crippen LogP contribution < -0.4 is 14.0 Å². The van der Waals surface area contributed by atoms with E-state index in [1.165, 1.54) is 81.1 Å². The van der Waals surface area contributed by atoms with Crippen molar-refractivity contribution in [3.05, 3.63) is 94.0 Å². The van der Waals surface area contributed by atoms with Gasteiger partial charge in [-0.05, 0) is 87.5 Å². The molecule has 1 amide bonds. The van der Waals surface area contributed by atoms with Gasteiger partial charge in [0.05, 0.1) is 68.4 Å². The van der Waals surface area contributed by atoms with Crippen molar-refractivity contribution >= 4 is 73.3 Å². The quantitative estimate of drug-likeness (QED) is 0.0306. The summed E-state index contributed by atoms with van der Waals surface area (Å²) in [5.41, 5.74) is 6.21. The van der Waals surface area contributed by atoms with Gasteiger partial charge >= 0.3 is 11.9 Å². The van der Waals surface area contributed by atoms with Gasteiger partial charge in [-0.15, -0.1) is 0 Å². The second-order valence-corrected chi connectivity index (χ2v) is 13.6. The fourth-order valence-electron chi connectivity index (χ4n) is 4.42. The Balaban J connectivity index is 1.48. The van der Waals surface area contributed by atoms with Crippen LogP contribution in [-0.2, 0) is 29.2 Å². The molecule has 1 heterocycles. The van der Waals surface area contributed by atoms with Crippen LogP contribution in [0, 0.1) is 10.1 Å². The Labute approximate surface area is 301 Å². The first-order valence-corrected chi connectivity index (χ1v) is 17.3. The number of esters is 1. The third kappa shape index (κ3) is 10.1. The summed E-state index contributed by atoms with van der Waals surface area (Å²) in [5, 5.41) is 22.5. The summed E-state index contributed by atoms with van der Waals surface area (Å²) in [6, 6.07) is 16.4. The topological polar surface area (TPSA) is 220 Å². The van der Waals surface area contributed by atoms with E-state index < -0.39 is 26.9 Å². The molecule has 0 spiro atoms. The summed E-state index contributed by atoms with van der Waals surface area (Å²) < 4.78 is 44.5. The van der Waals surface area contributed by atoms with Crippen LogP contribution in [0.5, 0.6) is 0 Å². The van der Waals surface area contributed by atoms with Gasteiger partial charge in [0.1, 0.15) is 5.71 Å². The molecule has 0 saturated carbocycles. The molecule has 0 bridgehead atoms. The fourth-order valence-corrected chi connectivity index (χ4v) is 5.44. The molecule has 4 rings (SSSR count). The van der Waals surface area contributed by atoms with Crippen LogP contribution in [0.3, 0.4) is 0 Å². The summed E-state index contributed by atoms with van der Waals surface area (Å²) in [6.07, 6.45) is 0.698. The van der Waals surface area contributed by atoms with E-state index in [0.717, 1.165) is 5.01 Å². The van der Waals surface area contributed by atoms with Crippen molar-refractivity contribution in [2.75, 3.05) is 41.8 Å². The summed E-state index contributed by atoms with van der Waals surface area (Å²) in [6.45, 7) is 4.78. The first-order chi connectivity index (χ1) is 23.6. The SMILES string of the molecule is CN(COC(=O)c1ccc(N2N=C(c3ccc([N+](=O)[O-])cc3)/C(=N/N(I)c3ccc(S(=O)(=O)O)cc3)C2=O)cc1)OCCOC(C)(C)CCN. The van der Waals surface area contributed by atoms with Crippen molar-refractivity contribution in [1.82, 2.24) is 5.06 Å². The molecule has 0 radical (unpaired) electrons. The van der Waals surface area contributed by atoms with E-state index in [1.54, 1.807) is 29.9 Å². The highest BCUT2D eigenvalue weighted by atomic mass is 127. The van der Waals surface area contributed by atoms with Gasteiger partial charge in [-0.1, -0.05) is 0 Å². The van der Waals surface area contributed by atoms with Crippen LogP contribution in [-0.4, -0.2) is 85.4 Å². The first-order valence-electron chi connectivity index (χ1n) is 14.9. The van der Waals surface area contributed by atoms with Crippen molar-refractivity contribution in [1.29, 1.82) is 0 Å². The maximum atomic E-state index is 13.7. The molecule has 0 aliphatic carbocycles. The molecule has 3 aromatic rings. The lowest BCUT2D eigenvalue weighted by atomic mass is 10.1. The molecule has 3 N–H and O–H groups in total. The molecule has 0 unspecified atom stereocenters. The number of hydroxylamine groups is 2. The van der Waals surface area contributed by atoms with Crippen LogP contribution in [0.1, 0.15) is 36.2 Å². The molecule has 3 aromatic carbocycles. The van der Waals surface area contributed by atoms with E-state index in [0.29, 0.717) is 30.8 Å². The molecule has 0 aromatic heterocycles. The number of ether oxygens (including phenoxy) is 2. The van der Waals surface area contributed by atoms with E-state index in [1.807, 2.05) is 13.8 Å². The van der Waals surface area contributed by atoms with Crippen molar-refractivity contribution < 1.29 is 41.8 Å². The molecule has 19 heteroatoms.